The Morgan fingerprint density at radius 2 is 2.00 bits per heavy atom. The average Bonchev–Trinajstić information content (AvgIpc) is 2.77. The van der Waals surface area contributed by atoms with Gasteiger partial charge in [-0.15, -0.1) is 11.3 Å². The topological polar surface area (TPSA) is 58.2 Å². The smallest absolute Gasteiger partial charge is 0.273 e. The lowest BCUT2D eigenvalue weighted by Crippen LogP contribution is -2.44. The van der Waals surface area contributed by atoms with E-state index in [9.17, 15) is 8.42 Å². The van der Waals surface area contributed by atoms with E-state index in [1.807, 2.05) is 0 Å². The van der Waals surface area contributed by atoms with Crippen LogP contribution in [0.2, 0.25) is 4.34 Å². The molecular formula is C11H15ClN2O2S3. The number of sulfonamides is 1. The molecule has 0 aromatic carbocycles. The van der Waals surface area contributed by atoms with Crippen LogP contribution in [0, 0.1) is 0 Å². The van der Waals surface area contributed by atoms with Crippen molar-refractivity contribution in [2.75, 3.05) is 0 Å². The maximum atomic E-state index is 12.0. The normalized spacial score (nSPS) is 17.1. The van der Waals surface area contributed by atoms with E-state index >= 15 is 0 Å². The molecule has 0 spiro atoms. The molecule has 0 aliphatic heterocycles. The van der Waals surface area contributed by atoms with E-state index < -0.39 is 10.0 Å². The van der Waals surface area contributed by atoms with Crippen molar-refractivity contribution in [2.45, 2.75) is 42.4 Å². The van der Waals surface area contributed by atoms with Crippen molar-refractivity contribution in [3.05, 3.63) is 16.5 Å². The van der Waals surface area contributed by atoms with Gasteiger partial charge in [0.05, 0.1) is 4.34 Å². The van der Waals surface area contributed by atoms with Gasteiger partial charge >= 0.3 is 0 Å². The molecule has 1 aliphatic rings. The molecule has 1 aliphatic carbocycles. The zero-order chi connectivity index (χ0) is 13.9. The first-order chi connectivity index (χ1) is 8.97. The van der Waals surface area contributed by atoms with Crippen molar-refractivity contribution in [3.8, 4) is 0 Å². The van der Waals surface area contributed by atoms with Crippen LogP contribution in [0.1, 0.15) is 32.1 Å². The SMILES string of the molecule is O=S(=O)(NC(=S)NC1CCCCC1)c1ccc(Cl)s1. The Hall–Kier alpha value is -0.370. The third-order valence-corrected chi connectivity index (χ3v) is 6.40. The van der Waals surface area contributed by atoms with Crippen molar-refractivity contribution in [2.24, 2.45) is 0 Å². The molecule has 0 atom stereocenters. The van der Waals surface area contributed by atoms with Gasteiger partial charge in [-0.1, -0.05) is 30.9 Å². The molecule has 8 heteroatoms. The summed E-state index contributed by atoms with van der Waals surface area (Å²) in [4.78, 5) is 0. The molecule has 1 saturated carbocycles. The van der Waals surface area contributed by atoms with Gasteiger partial charge in [0.1, 0.15) is 4.21 Å². The summed E-state index contributed by atoms with van der Waals surface area (Å²) in [6, 6.07) is 3.30. The molecule has 1 aromatic rings. The molecule has 0 bridgehead atoms. The number of thiophene rings is 1. The van der Waals surface area contributed by atoms with Crippen LogP contribution >= 0.6 is 35.2 Å². The van der Waals surface area contributed by atoms with Crippen LogP contribution in [0.25, 0.3) is 0 Å². The fraction of sp³-hybridized carbons (Fsp3) is 0.545. The average molecular weight is 339 g/mol. The highest BCUT2D eigenvalue weighted by Crippen LogP contribution is 2.25. The monoisotopic (exact) mass is 338 g/mol. The van der Waals surface area contributed by atoms with Crippen molar-refractivity contribution in [1.29, 1.82) is 0 Å². The Morgan fingerprint density at radius 3 is 2.58 bits per heavy atom. The summed E-state index contributed by atoms with van der Waals surface area (Å²) in [6.45, 7) is 0. The van der Waals surface area contributed by atoms with Gasteiger partial charge in [0.25, 0.3) is 10.0 Å². The highest BCUT2D eigenvalue weighted by molar-refractivity contribution is 7.93. The Morgan fingerprint density at radius 1 is 1.32 bits per heavy atom. The van der Waals surface area contributed by atoms with Crippen LogP contribution < -0.4 is 10.0 Å². The third kappa shape index (κ3) is 4.30. The number of halogens is 1. The van der Waals surface area contributed by atoms with E-state index in [-0.39, 0.29) is 15.4 Å². The van der Waals surface area contributed by atoms with Gasteiger partial charge in [-0.3, -0.25) is 4.72 Å². The summed E-state index contributed by atoms with van der Waals surface area (Å²) in [6.07, 6.45) is 5.63. The summed E-state index contributed by atoms with van der Waals surface area (Å²) in [5.41, 5.74) is 0. The molecule has 0 unspecified atom stereocenters. The summed E-state index contributed by atoms with van der Waals surface area (Å²) < 4.78 is 27.0. The lowest BCUT2D eigenvalue weighted by atomic mass is 9.96. The quantitative estimate of drug-likeness (QED) is 0.832. The van der Waals surface area contributed by atoms with E-state index in [0.717, 1.165) is 37.0 Å². The Kier molecular flexibility index (Phi) is 5.05. The van der Waals surface area contributed by atoms with Gasteiger partial charge in [0, 0.05) is 6.04 Å². The predicted molar refractivity (Wildman–Crippen MR) is 82.3 cm³/mol. The molecule has 1 heterocycles. The first-order valence-electron chi connectivity index (χ1n) is 6.06. The van der Waals surface area contributed by atoms with Gasteiger partial charge in [-0.05, 0) is 37.2 Å². The molecule has 0 radical (unpaired) electrons. The molecule has 19 heavy (non-hydrogen) atoms. The number of thiocarbonyl (C=S) groups is 1. The zero-order valence-electron chi connectivity index (χ0n) is 10.2. The number of hydrogen-bond acceptors (Lipinski definition) is 4. The third-order valence-electron chi connectivity index (χ3n) is 2.98. The highest BCUT2D eigenvalue weighted by atomic mass is 35.5. The number of hydrogen-bond donors (Lipinski definition) is 2. The standard InChI is InChI=1S/C11H15ClN2O2S3/c12-9-6-7-10(18-9)19(15,16)14-11(17)13-8-4-2-1-3-5-8/h6-8H,1-5H2,(H2,13,14,17). The van der Waals surface area contributed by atoms with Gasteiger partial charge in [-0.2, -0.15) is 0 Å². The molecule has 4 nitrogen and oxygen atoms in total. The molecular weight excluding hydrogens is 324 g/mol. The number of nitrogens with one attached hydrogen (secondary N) is 2. The maximum absolute atomic E-state index is 12.0. The molecule has 2 rings (SSSR count). The Labute approximate surface area is 127 Å². The Bertz CT molecular complexity index is 550. The minimum Gasteiger partial charge on any atom is -0.359 e. The molecule has 1 fully saturated rings. The van der Waals surface area contributed by atoms with Crippen LogP contribution in [0.3, 0.4) is 0 Å². The summed E-state index contributed by atoms with van der Waals surface area (Å²) in [5, 5.41) is 3.23. The molecule has 0 saturated heterocycles. The second-order valence-corrected chi connectivity index (χ2v) is 8.51. The fourth-order valence-electron chi connectivity index (χ4n) is 2.08. The molecule has 1 aromatic heterocycles. The minimum absolute atomic E-state index is 0.163. The van der Waals surface area contributed by atoms with Crippen molar-refractivity contribution < 1.29 is 8.42 Å². The lowest BCUT2D eigenvalue weighted by Gasteiger charge is -2.24. The van der Waals surface area contributed by atoms with E-state index in [1.165, 1.54) is 12.5 Å². The minimum atomic E-state index is -3.61. The van der Waals surface area contributed by atoms with E-state index in [1.54, 1.807) is 6.07 Å². The second kappa shape index (κ2) is 6.39. The summed E-state index contributed by atoms with van der Waals surface area (Å²) in [5.74, 6) is 0. The lowest BCUT2D eigenvalue weighted by molar-refractivity contribution is 0.413. The van der Waals surface area contributed by atoms with E-state index in [4.69, 9.17) is 23.8 Å². The zero-order valence-corrected chi connectivity index (χ0v) is 13.4. The van der Waals surface area contributed by atoms with Crippen molar-refractivity contribution in [1.82, 2.24) is 10.0 Å². The second-order valence-electron chi connectivity index (χ2n) is 4.47. The number of rotatable bonds is 3. The van der Waals surface area contributed by atoms with Crippen molar-refractivity contribution >= 4 is 50.3 Å². The highest BCUT2D eigenvalue weighted by Gasteiger charge is 2.20. The van der Waals surface area contributed by atoms with Gasteiger partial charge in [0.2, 0.25) is 0 Å². The summed E-state index contributed by atoms with van der Waals surface area (Å²) >= 11 is 11.8. The predicted octanol–water partition coefficient (Wildman–Crippen LogP) is 2.89. The first kappa shape index (κ1) is 15.0. The molecule has 0 amide bonds. The van der Waals surface area contributed by atoms with Crippen LogP contribution in [0.15, 0.2) is 16.3 Å². The van der Waals surface area contributed by atoms with Crippen molar-refractivity contribution in [3.63, 3.8) is 0 Å². The van der Waals surface area contributed by atoms with E-state index in [0.29, 0.717) is 4.34 Å². The largest absolute Gasteiger partial charge is 0.359 e. The van der Waals surface area contributed by atoms with Crippen LogP contribution in [0.5, 0.6) is 0 Å². The van der Waals surface area contributed by atoms with Crippen LogP contribution in [-0.4, -0.2) is 19.6 Å². The molecule has 2 N–H and O–H groups in total. The van der Waals surface area contributed by atoms with Crippen LogP contribution in [-0.2, 0) is 10.0 Å². The summed E-state index contributed by atoms with van der Waals surface area (Å²) in [7, 11) is -3.61. The Balaban J connectivity index is 1.94. The van der Waals surface area contributed by atoms with Gasteiger partial charge in [-0.25, -0.2) is 8.42 Å². The van der Waals surface area contributed by atoms with E-state index in [2.05, 4.69) is 10.0 Å². The van der Waals surface area contributed by atoms with Crippen LogP contribution in [0.4, 0.5) is 0 Å². The maximum Gasteiger partial charge on any atom is 0.273 e. The first-order valence-corrected chi connectivity index (χ1v) is 9.14. The fourth-order valence-corrected chi connectivity index (χ4v) is 4.97. The molecule has 106 valence electrons. The van der Waals surface area contributed by atoms with Gasteiger partial charge in [0.15, 0.2) is 5.11 Å². The van der Waals surface area contributed by atoms with Gasteiger partial charge < -0.3 is 5.32 Å².